The highest BCUT2D eigenvalue weighted by molar-refractivity contribution is 6.13. The van der Waals surface area contributed by atoms with E-state index in [9.17, 15) is 9.18 Å². The molecule has 6 heteroatoms. The number of rotatable bonds is 3. The quantitative estimate of drug-likeness (QED) is 0.595. The second-order valence-electron chi connectivity index (χ2n) is 5.54. The van der Waals surface area contributed by atoms with Crippen LogP contribution >= 0.6 is 0 Å². The predicted molar refractivity (Wildman–Crippen MR) is 93.7 cm³/mol. The molecule has 1 heterocycles. The fraction of sp³-hybridized carbons (Fsp3) is 0. The fourth-order valence-electron chi connectivity index (χ4n) is 2.72. The number of nitrogens with zero attached hydrogens (tertiary/aromatic N) is 2. The molecule has 0 fully saturated rings. The molecule has 4 rings (SSSR count). The van der Waals surface area contributed by atoms with Crippen molar-refractivity contribution in [3.63, 3.8) is 0 Å². The highest BCUT2D eigenvalue weighted by atomic mass is 19.1. The molecule has 3 aromatic carbocycles. The number of amides is 1. The number of benzene rings is 3. The van der Waals surface area contributed by atoms with E-state index in [4.69, 9.17) is 0 Å². The van der Waals surface area contributed by atoms with Gasteiger partial charge >= 0.3 is 0 Å². The van der Waals surface area contributed by atoms with Crippen molar-refractivity contribution in [1.82, 2.24) is 15.2 Å². The van der Waals surface area contributed by atoms with Crippen LogP contribution in [0.25, 0.3) is 22.2 Å². The van der Waals surface area contributed by atoms with E-state index in [1.54, 1.807) is 24.3 Å². The highest BCUT2D eigenvalue weighted by Crippen LogP contribution is 2.23. The summed E-state index contributed by atoms with van der Waals surface area (Å²) in [4.78, 5) is 16.7. The van der Waals surface area contributed by atoms with E-state index in [-0.39, 0.29) is 5.91 Å². The van der Waals surface area contributed by atoms with Gasteiger partial charge in [0.15, 0.2) is 5.82 Å². The number of carbonyl (C=O) groups is 1. The van der Waals surface area contributed by atoms with E-state index in [2.05, 4.69) is 20.5 Å². The maximum atomic E-state index is 13.8. The number of anilines is 1. The van der Waals surface area contributed by atoms with Gasteiger partial charge in [0.25, 0.3) is 5.91 Å². The molecule has 0 aliphatic rings. The third-order valence-corrected chi connectivity index (χ3v) is 3.90. The van der Waals surface area contributed by atoms with Gasteiger partial charge in [-0.1, -0.05) is 24.3 Å². The van der Waals surface area contributed by atoms with Crippen molar-refractivity contribution >= 4 is 22.4 Å². The van der Waals surface area contributed by atoms with Crippen LogP contribution in [0.5, 0.6) is 0 Å². The van der Waals surface area contributed by atoms with Crippen LogP contribution in [0.1, 0.15) is 10.4 Å². The smallest absolute Gasteiger partial charge is 0.256 e. The van der Waals surface area contributed by atoms with Crippen molar-refractivity contribution in [3.05, 3.63) is 78.4 Å². The van der Waals surface area contributed by atoms with Crippen LogP contribution in [0.4, 0.5) is 10.1 Å². The molecule has 4 aromatic rings. The van der Waals surface area contributed by atoms with Crippen LogP contribution in [-0.2, 0) is 0 Å². The first-order valence-electron chi connectivity index (χ1n) is 7.66. The second kappa shape index (κ2) is 6.16. The summed E-state index contributed by atoms with van der Waals surface area (Å²) in [7, 11) is 0. The second-order valence-corrected chi connectivity index (χ2v) is 5.54. The van der Waals surface area contributed by atoms with Crippen LogP contribution in [0, 0.1) is 5.82 Å². The van der Waals surface area contributed by atoms with Gasteiger partial charge in [0.05, 0.1) is 5.56 Å². The predicted octanol–water partition coefficient (Wildman–Crippen LogP) is 4.02. The standard InChI is InChI=1S/C19H13FN4O/c20-14-9-13-3-1-2-4-16(13)17(10-14)19(25)23-15-7-5-12(6-8-15)18-21-11-22-24-18/h1-11H,(H,23,25)(H,21,22,24). The molecule has 2 N–H and O–H groups in total. The number of aromatic nitrogens is 3. The third kappa shape index (κ3) is 2.97. The van der Waals surface area contributed by atoms with Crippen LogP contribution in [-0.4, -0.2) is 21.1 Å². The number of hydrogen-bond donors (Lipinski definition) is 2. The van der Waals surface area contributed by atoms with Crippen LogP contribution in [0.15, 0.2) is 67.0 Å². The summed E-state index contributed by atoms with van der Waals surface area (Å²) in [5.74, 6) is -0.151. The number of fused-ring (bicyclic) bond motifs is 1. The van der Waals surface area contributed by atoms with Crippen molar-refractivity contribution in [1.29, 1.82) is 0 Å². The van der Waals surface area contributed by atoms with Gasteiger partial charge in [-0.25, -0.2) is 9.37 Å². The van der Waals surface area contributed by atoms with E-state index in [0.717, 1.165) is 5.56 Å². The molecule has 0 unspecified atom stereocenters. The molecule has 0 spiro atoms. The number of nitrogens with one attached hydrogen (secondary N) is 2. The summed E-state index contributed by atoms with van der Waals surface area (Å²) in [6, 6.07) is 17.0. The topological polar surface area (TPSA) is 70.7 Å². The molecule has 25 heavy (non-hydrogen) atoms. The molecule has 5 nitrogen and oxygen atoms in total. The Labute approximate surface area is 142 Å². The van der Waals surface area contributed by atoms with E-state index in [1.807, 2.05) is 24.3 Å². The Morgan fingerprint density at radius 1 is 1.04 bits per heavy atom. The monoisotopic (exact) mass is 332 g/mol. The lowest BCUT2D eigenvalue weighted by Gasteiger charge is -2.09. The minimum absolute atomic E-state index is 0.301. The van der Waals surface area contributed by atoms with Gasteiger partial charge in [-0.05, 0) is 47.2 Å². The van der Waals surface area contributed by atoms with E-state index >= 15 is 0 Å². The lowest BCUT2D eigenvalue weighted by atomic mass is 10.0. The first kappa shape index (κ1) is 15.0. The summed E-state index contributed by atoms with van der Waals surface area (Å²) >= 11 is 0. The lowest BCUT2D eigenvalue weighted by molar-refractivity contribution is 0.102. The molecule has 0 aliphatic heterocycles. The summed E-state index contributed by atoms with van der Waals surface area (Å²) in [6.07, 6.45) is 1.43. The number of hydrogen-bond acceptors (Lipinski definition) is 3. The first-order chi connectivity index (χ1) is 12.2. The molecule has 0 saturated carbocycles. The minimum atomic E-state index is -0.440. The molecule has 1 amide bonds. The number of H-pyrrole nitrogens is 1. The Kier molecular flexibility index (Phi) is 3.70. The van der Waals surface area contributed by atoms with Gasteiger partial charge in [-0.3, -0.25) is 9.89 Å². The van der Waals surface area contributed by atoms with Crippen LogP contribution in [0.3, 0.4) is 0 Å². The maximum absolute atomic E-state index is 13.8. The third-order valence-electron chi connectivity index (χ3n) is 3.90. The molecule has 0 atom stereocenters. The fourth-order valence-corrected chi connectivity index (χ4v) is 2.72. The first-order valence-corrected chi connectivity index (χ1v) is 7.66. The van der Waals surface area contributed by atoms with E-state index in [0.29, 0.717) is 27.8 Å². The average Bonchev–Trinajstić information content (AvgIpc) is 3.16. The van der Waals surface area contributed by atoms with Gasteiger partial charge in [-0.15, -0.1) is 0 Å². The molecule has 0 aliphatic carbocycles. The largest absolute Gasteiger partial charge is 0.322 e. The van der Waals surface area contributed by atoms with Crippen molar-refractivity contribution in [2.24, 2.45) is 0 Å². The zero-order valence-corrected chi connectivity index (χ0v) is 13.0. The molecule has 0 radical (unpaired) electrons. The van der Waals surface area contributed by atoms with Gasteiger partial charge in [0.2, 0.25) is 0 Å². The molecule has 0 bridgehead atoms. The van der Waals surface area contributed by atoms with Crippen molar-refractivity contribution in [3.8, 4) is 11.4 Å². The Balaban J connectivity index is 1.62. The maximum Gasteiger partial charge on any atom is 0.256 e. The summed E-state index contributed by atoms with van der Waals surface area (Å²) in [5.41, 5.74) is 1.77. The highest BCUT2D eigenvalue weighted by Gasteiger charge is 2.12. The van der Waals surface area contributed by atoms with E-state index < -0.39 is 5.82 Å². The lowest BCUT2D eigenvalue weighted by Crippen LogP contribution is -2.12. The number of aromatic amines is 1. The SMILES string of the molecule is O=C(Nc1ccc(-c2ncn[nH]2)cc1)c1cc(F)cc2ccccc12. The summed E-state index contributed by atoms with van der Waals surface area (Å²) in [6.45, 7) is 0. The Morgan fingerprint density at radius 3 is 2.60 bits per heavy atom. The number of halogens is 1. The summed E-state index contributed by atoms with van der Waals surface area (Å²) in [5, 5.41) is 10.8. The van der Waals surface area contributed by atoms with Gasteiger partial charge < -0.3 is 5.32 Å². The molecule has 122 valence electrons. The van der Waals surface area contributed by atoms with Crippen molar-refractivity contribution in [2.75, 3.05) is 5.32 Å². The number of carbonyl (C=O) groups excluding carboxylic acids is 1. The normalized spacial score (nSPS) is 10.8. The van der Waals surface area contributed by atoms with Crippen molar-refractivity contribution in [2.45, 2.75) is 0 Å². The van der Waals surface area contributed by atoms with Gasteiger partial charge in [0.1, 0.15) is 12.1 Å². The molecule has 1 aromatic heterocycles. The average molecular weight is 332 g/mol. The Hall–Kier alpha value is -3.54. The van der Waals surface area contributed by atoms with Gasteiger partial charge in [-0.2, -0.15) is 5.10 Å². The van der Waals surface area contributed by atoms with Crippen LogP contribution < -0.4 is 5.32 Å². The Morgan fingerprint density at radius 2 is 1.84 bits per heavy atom. The Bertz CT molecular complexity index is 1040. The van der Waals surface area contributed by atoms with E-state index in [1.165, 1.54) is 18.5 Å². The minimum Gasteiger partial charge on any atom is -0.322 e. The molecular weight excluding hydrogens is 319 g/mol. The van der Waals surface area contributed by atoms with Crippen molar-refractivity contribution < 1.29 is 9.18 Å². The zero-order valence-electron chi connectivity index (χ0n) is 13.0. The summed E-state index contributed by atoms with van der Waals surface area (Å²) < 4.78 is 13.8. The molecule has 0 saturated heterocycles. The zero-order chi connectivity index (χ0) is 17.2. The van der Waals surface area contributed by atoms with Crippen LogP contribution in [0.2, 0.25) is 0 Å². The van der Waals surface area contributed by atoms with Gasteiger partial charge in [0, 0.05) is 11.3 Å². The molecular formula is C19H13FN4O.